The van der Waals surface area contributed by atoms with Crippen LogP contribution in [0.4, 0.5) is 0 Å². The summed E-state index contributed by atoms with van der Waals surface area (Å²) in [5.41, 5.74) is 6.03. The molecule has 0 saturated heterocycles. The van der Waals surface area contributed by atoms with Gasteiger partial charge in [0.2, 0.25) is 0 Å². The molecular formula is C8H8NO2. The molecule has 3 heteroatoms. The van der Waals surface area contributed by atoms with Gasteiger partial charge in [-0.3, -0.25) is 0 Å². The third-order valence-corrected chi connectivity index (χ3v) is 1.35. The first kappa shape index (κ1) is 7.75. The second-order valence-corrected chi connectivity index (χ2v) is 2.17. The fourth-order valence-corrected chi connectivity index (χ4v) is 0.715. The summed E-state index contributed by atoms with van der Waals surface area (Å²) < 4.78 is 0. The molecule has 0 spiro atoms. The molecule has 0 aliphatic heterocycles. The zero-order valence-corrected chi connectivity index (χ0v) is 5.82. The molecule has 0 aliphatic carbocycles. The summed E-state index contributed by atoms with van der Waals surface area (Å²) in [7, 11) is 0. The number of phenols is 1. The van der Waals surface area contributed by atoms with Crippen LogP contribution in [0.3, 0.4) is 0 Å². The van der Waals surface area contributed by atoms with Crippen molar-refractivity contribution in [2.45, 2.75) is 6.04 Å². The predicted octanol–water partition coefficient (Wildman–Crippen LogP) is 0.391. The van der Waals surface area contributed by atoms with Crippen molar-refractivity contribution in [2.75, 3.05) is 0 Å². The minimum absolute atomic E-state index is 0.0480. The number of phenolic OH excluding ortho intramolecular Hbond substituents is 1. The number of hydrogen-bond donors (Lipinski definition) is 2. The van der Waals surface area contributed by atoms with Crippen LogP contribution in [0.2, 0.25) is 0 Å². The largest absolute Gasteiger partial charge is 0.507 e. The summed E-state index contributed by atoms with van der Waals surface area (Å²) in [5, 5.41) is 8.83. The van der Waals surface area contributed by atoms with E-state index >= 15 is 0 Å². The van der Waals surface area contributed by atoms with Crippen LogP contribution < -0.4 is 5.73 Å². The molecule has 57 valence electrons. The van der Waals surface area contributed by atoms with E-state index in [1.54, 1.807) is 6.07 Å². The van der Waals surface area contributed by atoms with Gasteiger partial charge in [-0.15, -0.1) is 0 Å². The molecule has 0 heterocycles. The van der Waals surface area contributed by atoms with Gasteiger partial charge in [0.1, 0.15) is 12.0 Å². The SMILES string of the molecule is NC(C=O)c1c[c]c(O)cc1. The maximum Gasteiger partial charge on any atom is 0.141 e. The summed E-state index contributed by atoms with van der Waals surface area (Å²) in [6.07, 6.45) is 0.639. The lowest BCUT2D eigenvalue weighted by Crippen LogP contribution is -2.10. The highest BCUT2D eigenvalue weighted by atomic mass is 16.3. The van der Waals surface area contributed by atoms with E-state index in [-0.39, 0.29) is 5.75 Å². The quantitative estimate of drug-likeness (QED) is 0.599. The summed E-state index contributed by atoms with van der Waals surface area (Å²) in [6.45, 7) is 0. The van der Waals surface area contributed by atoms with E-state index in [1.807, 2.05) is 0 Å². The summed E-state index contributed by atoms with van der Waals surface area (Å²) >= 11 is 0. The molecule has 0 bridgehead atoms. The van der Waals surface area contributed by atoms with E-state index in [2.05, 4.69) is 6.07 Å². The van der Waals surface area contributed by atoms with Crippen LogP contribution in [0.5, 0.6) is 5.75 Å². The van der Waals surface area contributed by atoms with Gasteiger partial charge in [-0.1, -0.05) is 6.07 Å². The van der Waals surface area contributed by atoms with Gasteiger partial charge in [-0.2, -0.15) is 0 Å². The topological polar surface area (TPSA) is 63.3 Å². The number of rotatable bonds is 2. The molecule has 0 saturated carbocycles. The number of carbonyl (C=O) groups excluding carboxylic acids is 1. The Morgan fingerprint density at radius 2 is 2.36 bits per heavy atom. The summed E-state index contributed by atoms with van der Waals surface area (Å²) in [6, 6.07) is 6.44. The Balaban J connectivity index is 2.89. The van der Waals surface area contributed by atoms with Crippen LogP contribution in [-0.4, -0.2) is 11.4 Å². The lowest BCUT2D eigenvalue weighted by molar-refractivity contribution is -0.109. The van der Waals surface area contributed by atoms with E-state index < -0.39 is 6.04 Å². The Hall–Kier alpha value is -1.35. The monoisotopic (exact) mass is 150 g/mol. The van der Waals surface area contributed by atoms with Gasteiger partial charge >= 0.3 is 0 Å². The minimum Gasteiger partial charge on any atom is -0.507 e. The van der Waals surface area contributed by atoms with Crippen LogP contribution in [0.25, 0.3) is 0 Å². The number of aldehydes is 1. The van der Waals surface area contributed by atoms with Gasteiger partial charge in [-0.25, -0.2) is 0 Å². The smallest absolute Gasteiger partial charge is 0.141 e. The normalized spacial score (nSPS) is 12.5. The molecule has 1 radical (unpaired) electrons. The predicted molar refractivity (Wildman–Crippen MR) is 39.9 cm³/mol. The molecule has 1 atom stereocenters. The first-order valence-corrected chi connectivity index (χ1v) is 3.15. The minimum atomic E-state index is -0.619. The van der Waals surface area contributed by atoms with Gasteiger partial charge in [0, 0.05) is 6.07 Å². The van der Waals surface area contributed by atoms with E-state index in [0.29, 0.717) is 11.8 Å². The van der Waals surface area contributed by atoms with E-state index in [1.165, 1.54) is 12.1 Å². The van der Waals surface area contributed by atoms with Gasteiger partial charge in [0.15, 0.2) is 0 Å². The molecule has 0 fully saturated rings. The fraction of sp³-hybridized carbons (Fsp3) is 0.125. The van der Waals surface area contributed by atoms with Crippen molar-refractivity contribution in [2.24, 2.45) is 5.73 Å². The molecule has 3 N–H and O–H groups in total. The van der Waals surface area contributed by atoms with Crippen LogP contribution in [0.15, 0.2) is 18.2 Å². The van der Waals surface area contributed by atoms with Crippen molar-refractivity contribution in [3.8, 4) is 5.75 Å². The van der Waals surface area contributed by atoms with Gasteiger partial charge in [0.05, 0.1) is 6.04 Å². The van der Waals surface area contributed by atoms with Gasteiger partial charge in [-0.05, 0) is 17.7 Å². The maximum atomic E-state index is 10.2. The number of aromatic hydroxyl groups is 1. The summed E-state index contributed by atoms with van der Waals surface area (Å²) in [4.78, 5) is 10.2. The zero-order valence-electron chi connectivity index (χ0n) is 5.82. The molecule has 0 aliphatic rings. The highest BCUT2D eigenvalue weighted by Crippen LogP contribution is 2.12. The van der Waals surface area contributed by atoms with Crippen molar-refractivity contribution in [1.29, 1.82) is 0 Å². The average molecular weight is 150 g/mol. The number of hydrogen-bond acceptors (Lipinski definition) is 3. The first-order valence-electron chi connectivity index (χ1n) is 3.15. The van der Waals surface area contributed by atoms with Crippen LogP contribution >= 0.6 is 0 Å². The van der Waals surface area contributed by atoms with E-state index in [4.69, 9.17) is 10.8 Å². The third-order valence-electron chi connectivity index (χ3n) is 1.35. The number of carbonyl (C=O) groups is 1. The van der Waals surface area contributed by atoms with Crippen molar-refractivity contribution in [1.82, 2.24) is 0 Å². The zero-order chi connectivity index (χ0) is 8.27. The third kappa shape index (κ3) is 1.78. The van der Waals surface area contributed by atoms with Crippen molar-refractivity contribution in [3.63, 3.8) is 0 Å². The number of nitrogens with two attached hydrogens (primary N) is 1. The van der Waals surface area contributed by atoms with Crippen LogP contribution in [0, 0.1) is 6.07 Å². The molecule has 1 aromatic rings. The lowest BCUT2D eigenvalue weighted by Gasteiger charge is -2.02. The van der Waals surface area contributed by atoms with Crippen molar-refractivity contribution >= 4 is 6.29 Å². The lowest BCUT2D eigenvalue weighted by atomic mass is 10.1. The summed E-state index contributed by atoms with van der Waals surface area (Å²) in [5.74, 6) is 0.0480. The molecule has 1 aromatic carbocycles. The highest BCUT2D eigenvalue weighted by molar-refractivity contribution is 5.60. The Bertz CT molecular complexity index is 243. The second kappa shape index (κ2) is 3.16. The average Bonchev–Trinajstić information content (AvgIpc) is 2.05. The molecule has 1 unspecified atom stereocenters. The Morgan fingerprint density at radius 1 is 1.64 bits per heavy atom. The molecule has 0 amide bonds. The maximum absolute atomic E-state index is 10.2. The molecule has 0 aromatic heterocycles. The Morgan fingerprint density at radius 3 is 2.82 bits per heavy atom. The molecular weight excluding hydrogens is 142 g/mol. The second-order valence-electron chi connectivity index (χ2n) is 2.17. The van der Waals surface area contributed by atoms with E-state index in [0.717, 1.165) is 0 Å². The molecule has 1 rings (SSSR count). The van der Waals surface area contributed by atoms with Gasteiger partial charge < -0.3 is 15.6 Å². The van der Waals surface area contributed by atoms with Crippen molar-refractivity contribution in [3.05, 3.63) is 29.8 Å². The Labute approximate surface area is 64.5 Å². The van der Waals surface area contributed by atoms with Crippen LogP contribution in [0.1, 0.15) is 11.6 Å². The fourth-order valence-electron chi connectivity index (χ4n) is 0.715. The first-order chi connectivity index (χ1) is 5.24. The number of benzene rings is 1. The molecule has 3 nitrogen and oxygen atoms in total. The van der Waals surface area contributed by atoms with Crippen LogP contribution in [-0.2, 0) is 4.79 Å². The molecule has 11 heavy (non-hydrogen) atoms. The standard InChI is InChI=1S/C8H8NO2/c9-8(5-10)6-1-3-7(11)4-2-6/h1-3,5,8,11H,9H2. The van der Waals surface area contributed by atoms with E-state index in [9.17, 15) is 4.79 Å². The van der Waals surface area contributed by atoms with Gasteiger partial charge in [0.25, 0.3) is 0 Å². The Kier molecular flexibility index (Phi) is 2.23. The highest BCUT2D eigenvalue weighted by Gasteiger charge is 2.02. The van der Waals surface area contributed by atoms with Crippen molar-refractivity contribution < 1.29 is 9.90 Å².